The number of ether oxygens (including phenoxy) is 2. The maximum Gasteiger partial charge on any atom is 0.253 e. The van der Waals surface area contributed by atoms with Gasteiger partial charge in [-0.2, -0.15) is 0 Å². The molecule has 42 heavy (non-hydrogen) atoms. The minimum Gasteiger partial charge on any atom is -0.493 e. The van der Waals surface area contributed by atoms with Crippen molar-refractivity contribution in [3.8, 4) is 16.3 Å². The summed E-state index contributed by atoms with van der Waals surface area (Å²) in [6, 6.07) is 10.5. The Balaban J connectivity index is 1.49. The Morgan fingerprint density at radius 2 is 1.88 bits per heavy atom. The molecule has 0 aliphatic carbocycles. The number of primary sulfonamides is 1. The first-order valence-electron chi connectivity index (χ1n) is 12.8. The number of fused-ring (bicyclic) bond motifs is 2. The monoisotopic (exact) mass is 609 g/mol. The number of amides is 1. The highest BCUT2D eigenvalue weighted by molar-refractivity contribution is 7.89. The van der Waals surface area contributed by atoms with Gasteiger partial charge in [-0.1, -0.05) is 0 Å². The van der Waals surface area contributed by atoms with Crippen LogP contribution in [0.3, 0.4) is 0 Å². The average molecular weight is 610 g/mol. The molecule has 0 spiro atoms. The summed E-state index contributed by atoms with van der Waals surface area (Å²) in [5, 5.41) is 5.95. The Morgan fingerprint density at radius 1 is 1.10 bits per heavy atom. The predicted octanol–water partition coefficient (Wildman–Crippen LogP) is 4.47. The minimum atomic E-state index is -4.01. The summed E-state index contributed by atoms with van der Waals surface area (Å²) < 4.78 is 49.6. The van der Waals surface area contributed by atoms with Crippen LogP contribution in [0.5, 0.6) is 5.75 Å². The SMILES string of the molecule is COCc1cnc2c(-c3nc4c(C)cc(OCCc5cc(F)ccc5S(N)(=O)=O)cc4s3)cc(C(=O)N(C)C)cc2n1. The number of carbonyl (C=O) groups excluding carboxylic acids is 1. The van der Waals surface area contributed by atoms with E-state index in [2.05, 4.69) is 9.97 Å². The molecular formula is C29H28FN5O5S2. The molecule has 5 aromatic rings. The van der Waals surface area contributed by atoms with Gasteiger partial charge in [0.1, 0.15) is 16.6 Å². The van der Waals surface area contributed by atoms with Gasteiger partial charge in [0.05, 0.1) is 51.3 Å². The molecule has 0 saturated carbocycles. The number of nitrogens with zero attached hydrogens (tertiary/aromatic N) is 4. The summed E-state index contributed by atoms with van der Waals surface area (Å²) >= 11 is 1.42. The number of benzene rings is 3. The third kappa shape index (κ3) is 6.09. The largest absolute Gasteiger partial charge is 0.493 e. The number of aromatic nitrogens is 3. The van der Waals surface area contributed by atoms with Gasteiger partial charge >= 0.3 is 0 Å². The smallest absolute Gasteiger partial charge is 0.253 e. The molecule has 10 nitrogen and oxygen atoms in total. The van der Waals surface area contributed by atoms with Crippen molar-refractivity contribution >= 4 is 48.5 Å². The Kier molecular flexibility index (Phi) is 8.19. The van der Waals surface area contributed by atoms with E-state index >= 15 is 0 Å². The molecule has 2 aromatic heterocycles. The van der Waals surface area contributed by atoms with E-state index < -0.39 is 15.8 Å². The molecule has 2 N–H and O–H groups in total. The summed E-state index contributed by atoms with van der Waals surface area (Å²) in [6.07, 6.45) is 1.78. The van der Waals surface area contributed by atoms with E-state index in [0.717, 1.165) is 34.0 Å². The molecule has 13 heteroatoms. The normalized spacial score (nSPS) is 11.8. The third-order valence-corrected chi connectivity index (χ3v) is 8.55. The van der Waals surface area contributed by atoms with Crippen LogP contribution in [0.1, 0.15) is 27.2 Å². The molecule has 0 atom stereocenters. The molecule has 218 valence electrons. The molecule has 0 radical (unpaired) electrons. The van der Waals surface area contributed by atoms with Gasteiger partial charge in [0.2, 0.25) is 10.0 Å². The zero-order valence-electron chi connectivity index (χ0n) is 23.3. The zero-order chi connectivity index (χ0) is 30.2. The molecule has 0 saturated heterocycles. The second kappa shape index (κ2) is 11.7. The van der Waals surface area contributed by atoms with E-state index in [1.165, 1.54) is 16.2 Å². The molecule has 0 bridgehead atoms. The number of rotatable bonds is 9. The molecule has 5 rings (SSSR count). The fraction of sp³-hybridized carbons (Fsp3) is 0.241. The summed E-state index contributed by atoms with van der Waals surface area (Å²) in [6.45, 7) is 2.29. The van der Waals surface area contributed by atoms with Crippen LogP contribution in [0.15, 0.2) is 53.6 Å². The Morgan fingerprint density at radius 3 is 2.60 bits per heavy atom. The standard InChI is InChI=1S/C29H28FN5O5S2/c1-16-9-21(40-8-7-17-10-19(30)5-6-25(17)42(31,37)38)13-24-26(16)34-28(41-24)22-11-18(29(36)35(2)3)12-23-27(22)32-14-20(33-23)15-39-4/h5-6,9-14H,7-8,15H2,1-4H3,(H2,31,37,38). The van der Waals surface area contributed by atoms with Crippen LogP contribution in [0.25, 0.3) is 31.8 Å². The second-order valence-electron chi connectivity index (χ2n) is 9.89. The highest BCUT2D eigenvalue weighted by Crippen LogP contribution is 2.37. The fourth-order valence-electron chi connectivity index (χ4n) is 4.59. The molecule has 0 aliphatic heterocycles. The van der Waals surface area contributed by atoms with Gasteiger partial charge in [0.15, 0.2) is 0 Å². The van der Waals surface area contributed by atoms with Crippen LogP contribution in [0.4, 0.5) is 4.39 Å². The van der Waals surface area contributed by atoms with Gasteiger partial charge in [0, 0.05) is 38.8 Å². The Labute approximate surface area is 246 Å². The second-order valence-corrected chi connectivity index (χ2v) is 12.4. The molecular weight excluding hydrogens is 581 g/mol. The lowest BCUT2D eigenvalue weighted by atomic mass is 10.1. The van der Waals surface area contributed by atoms with E-state index in [1.54, 1.807) is 39.5 Å². The van der Waals surface area contributed by atoms with Gasteiger partial charge < -0.3 is 14.4 Å². The van der Waals surface area contributed by atoms with Crippen LogP contribution >= 0.6 is 11.3 Å². The quantitative estimate of drug-likeness (QED) is 0.258. The van der Waals surface area contributed by atoms with Crippen molar-refractivity contribution in [1.82, 2.24) is 19.9 Å². The average Bonchev–Trinajstić information content (AvgIpc) is 3.36. The van der Waals surface area contributed by atoms with Crippen LogP contribution in [0, 0.1) is 12.7 Å². The number of sulfonamides is 1. The molecule has 2 heterocycles. The van der Waals surface area contributed by atoms with Gasteiger partial charge in [-0.3, -0.25) is 9.78 Å². The number of hydrogen-bond acceptors (Lipinski definition) is 9. The van der Waals surface area contributed by atoms with Crippen molar-refractivity contribution in [2.24, 2.45) is 5.14 Å². The maximum atomic E-state index is 13.8. The number of thiazole rings is 1. The molecule has 0 unspecified atom stereocenters. The van der Waals surface area contributed by atoms with Crippen molar-refractivity contribution in [1.29, 1.82) is 0 Å². The van der Waals surface area contributed by atoms with Crippen LogP contribution in [0.2, 0.25) is 0 Å². The highest BCUT2D eigenvalue weighted by Gasteiger charge is 2.19. The summed E-state index contributed by atoms with van der Waals surface area (Å²) in [5.74, 6) is -0.182. The molecule has 0 fully saturated rings. The fourth-order valence-corrected chi connectivity index (χ4v) is 6.46. The van der Waals surface area contributed by atoms with Gasteiger partial charge in [-0.05, 0) is 60.5 Å². The van der Waals surface area contributed by atoms with E-state index in [1.807, 2.05) is 19.1 Å². The van der Waals surface area contributed by atoms with Crippen LogP contribution in [-0.2, 0) is 27.8 Å². The van der Waals surface area contributed by atoms with Gasteiger partial charge in [-0.15, -0.1) is 11.3 Å². The Bertz CT molecular complexity index is 1940. The minimum absolute atomic E-state index is 0.0985. The highest BCUT2D eigenvalue weighted by atomic mass is 32.2. The molecule has 3 aromatic carbocycles. The topological polar surface area (TPSA) is 138 Å². The zero-order valence-corrected chi connectivity index (χ0v) is 25.0. The van der Waals surface area contributed by atoms with Crippen molar-refractivity contribution in [2.75, 3.05) is 27.8 Å². The number of aryl methyl sites for hydroxylation is 1. The lowest BCUT2D eigenvalue weighted by Crippen LogP contribution is -2.21. The first-order chi connectivity index (χ1) is 19.9. The molecule has 0 aliphatic rings. The first-order valence-corrected chi connectivity index (χ1v) is 15.2. The predicted molar refractivity (Wildman–Crippen MR) is 159 cm³/mol. The number of hydrogen-bond donors (Lipinski definition) is 1. The van der Waals surface area contributed by atoms with E-state index in [4.69, 9.17) is 19.6 Å². The van der Waals surface area contributed by atoms with Crippen molar-refractivity contribution in [3.05, 3.63) is 76.9 Å². The molecule has 1 amide bonds. The van der Waals surface area contributed by atoms with E-state index in [-0.39, 0.29) is 36.0 Å². The van der Waals surface area contributed by atoms with Crippen LogP contribution < -0.4 is 9.88 Å². The Hall–Kier alpha value is -4.04. The van der Waals surface area contributed by atoms with Crippen molar-refractivity contribution in [3.63, 3.8) is 0 Å². The number of methoxy groups -OCH3 is 1. The number of halogens is 1. The summed E-state index contributed by atoms with van der Waals surface area (Å²) in [5.41, 5.74) is 4.82. The first kappa shape index (κ1) is 29.5. The van der Waals surface area contributed by atoms with E-state index in [9.17, 15) is 17.6 Å². The lowest BCUT2D eigenvalue weighted by molar-refractivity contribution is 0.0827. The van der Waals surface area contributed by atoms with Gasteiger partial charge in [0.25, 0.3) is 5.91 Å². The van der Waals surface area contributed by atoms with Gasteiger partial charge in [-0.25, -0.2) is 27.9 Å². The van der Waals surface area contributed by atoms with E-state index in [0.29, 0.717) is 38.6 Å². The number of carbonyl (C=O) groups is 1. The third-order valence-electron chi connectivity index (χ3n) is 6.50. The lowest BCUT2D eigenvalue weighted by Gasteiger charge is -2.12. The summed E-state index contributed by atoms with van der Waals surface area (Å²) in [4.78, 5) is 28.4. The maximum absolute atomic E-state index is 13.8. The van der Waals surface area contributed by atoms with Crippen molar-refractivity contribution < 1.29 is 27.1 Å². The van der Waals surface area contributed by atoms with Crippen molar-refractivity contribution in [2.45, 2.75) is 24.8 Å². The summed E-state index contributed by atoms with van der Waals surface area (Å²) in [7, 11) is 0.943. The number of nitrogens with two attached hydrogens (primary N) is 1. The van der Waals surface area contributed by atoms with Crippen LogP contribution in [-0.4, -0.2) is 62.0 Å².